The number of carbonyl (C=O) groups excluding carboxylic acids is 1. The molecule has 2 aromatic carbocycles. The van der Waals surface area contributed by atoms with Crippen LogP contribution in [0.1, 0.15) is 34.4 Å². The summed E-state index contributed by atoms with van der Waals surface area (Å²) in [6.45, 7) is 7.94. The fraction of sp³-hybridized carbons (Fsp3) is 0.269. The van der Waals surface area contributed by atoms with Crippen molar-refractivity contribution in [1.82, 2.24) is 14.8 Å². The van der Waals surface area contributed by atoms with Crippen molar-refractivity contribution in [3.63, 3.8) is 0 Å². The summed E-state index contributed by atoms with van der Waals surface area (Å²) < 4.78 is 21.0. The second-order valence-electron chi connectivity index (χ2n) is 8.25. The third-order valence-electron chi connectivity index (χ3n) is 5.97. The third-order valence-corrected chi connectivity index (χ3v) is 5.97. The number of benzene rings is 2. The van der Waals surface area contributed by atoms with Crippen LogP contribution in [0, 0.1) is 33.5 Å². The van der Waals surface area contributed by atoms with Crippen LogP contribution in [0.4, 0.5) is 10.1 Å². The number of nitrogens with one attached hydrogen (secondary N) is 1. The van der Waals surface area contributed by atoms with Gasteiger partial charge in [0.25, 0.3) is 0 Å². The second-order valence-corrected chi connectivity index (χ2v) is 8.25. The number of pyridine rings is 1. The Balaban J connectivity index is 1.64. The fourth-order valence-corrected chi connectivity index (χ4v) is 4.06. The highest BCUT2D eigenvalue weighted by molar-refractivity contribution is 5.91. The molecule has 0 aliphatic heterocycles. The van der Waals surface area contributed by atoms with E-state index in [4.69, 9.17) is 4.74 Å². The van der Waals surface area contributed by atoms with E-state index in [-0.39, 0.29) is 18.1 Å². The lowest BCUT2D eigenvalue weighted by molar-refractivity contribution is -0.116. The Morgan fingerprint density at radius 1 is 1.09 bits per heavy atom. The minimum Gasteiger partial charge on any atom is -0.481 e. The van der Waals surface area contributed by atoms with Gasteiger partial charge in [0.1, 0.15) is 5.82 Å². The van der Waals surface area contributed by atoms with E-state index < -0.39 is 0 Å². The van der Waals surface area contributed by atoms with Crippen molar-refractivity contribution in [3.8, 4) is 11.6 Å². The summed E-state index contributed by atoms with van der Waals surface area (Å²) in [6.07, 6.45) is 0.758. The van der Waals surface area contributed by atoms with Crippen LogP contribution in [0.15, 0.2) is 42.5 Å². The van der Waals surface area contributed by atoms with Gasteiger partial charge in [-0.25, -0.2) is 9.07 Å². The molecule has 0 aliphatic rings. The second kappa shape index (κ2) is 9.02. The molecule has 0 spiro atoms. The topological polar surface area (TPSA) is 69.0 Å². The predicted octanol–water partition coefficient (Wildman–Crippen LogP) is 5.37. The number of anilines is 1. The van der Waals surface area contributed by atoms with Gasteiger partial charge in [-0.2, -0.15) is 10.1 Å². The number of halogens is 1. The first-order chi connectivity index (χ1) is 15.8. The van der Waals surface area contributed by atoms with E-state index in [1.807, 2.05) is 45.9 Å². The van der Waals surface area contributed by atoms with E-state index in [1.165, 1.54) is 17.7 Å². The van der Waals surface area contributed by atoms with Crippen LogP contribution in [0.25, 0.3) is 16.7 Å². The average Bonchev–Trinajstić information content (AvgIpc) is 3.12. The van der Waals surface area contributed by atoms with Crippen LogP contribution in [-0.4, -0.2) is 27.8 Å². The number of rotatable bonds is 6. The lowest BCUT2D eigenvalue weighted by atomic mass is 10.0. The number of nitrogens with zero attached hydrogens (tertiary/aromatic N) is 3. The van der Waals surface area contributed by atoms with E-state index in [0.29, 0.717) is 23.6 Å². The Bertz CT molecular complexity index is 1360. The van der Waals surface area contributed by atoms with Crippen LogP contribution in [0.3, 0.4) is 0 Å². The quantitative estimate of drug-likeness (QED) is 0.432. The first-order valence-corrected chi connectivity index (χ1v) is 10.8. The molecule has 6 nitrogen and oxygen atoms in total. The SMILES string of the molecule is COc1nc2c(c(C)nn2-c2cccc(F)c2)c(C)c1CCC(=O)Nc1ccc(C)c(C)c1. The van der Waals surface area contributed by atoms with E-state index in [9.17, 15) is 9.18 Å². The van der Waals surface area contributed by atoms with Gasteiger partial charge in [-0.1, -0.05) is 12.1 Å². The zero-order valence-electron chi connectivity index (χ0n) is 19.5. The fourth-order valence-electron chi connectivity index (χ4n) is 4.06. The average molecular weight is 447 g/mol. The van der Waals surface area contributed by atoms with Crippen molar-refractivity contribution < 1.29 is 13.9 Å². The summed E-state index contributed by atoms with van der Waals surface area (Å²) in [6, 6.07) is 12.1. The van der Waals surface area contributed by atoms with Gasteiger partial charge in [-0.05, 0) is 81.1 Å². The van der Waals surface area contributed by atoms with Gasteiger partial charge in [0.15, 0.2) is 5.65 Å². The summed E-state index contributed by atoms with van der Waals surface area (Å²) in [7, 11) is 1.56. The minimum absolute atomic E-state index is 0.0769. The van der Waals surface area contributed by atoms with Gasteiger partial charge in [0.2, 0.25) is 11.8 Å². The molecule has 2 heterocycles. The van der Waals surface area contributed by atoms with Crippen LogP contribution >= 0.6 is 0 Å². The molecule has 170 valence electrons. The van der Waals surface area contributed by atoms with Crippen molar-refractivity contribution in [2.45, 2.75) is 40.5 Å². The Kier molecular flexibility index (Phi) is 6.14. The van der Waals surface area contributed by atoms with Gasteiger partial charge >= 0.3 is 0 Å². The number of methoxy groups -OCH3 is 1. The van der Waals surface area contributed by atoms with Crippen LogP contribution < -0.4 is 10.1 Å². The lowest BCUT2D eigenvalue weighted by Gasteiger charge is -2.13. The molecule has 7 heteroatoms. The Hall–Kier alpha value is -3.74. The molecule has 0 fully saturated rings. The first-order valence-electron chi connectivity index (χ1n) is 10.8. The van der Waals surface area contributed by atoms with E-state index in [0.717, 1.165) is 33.5 Å². The standard InChI is InChI=1S/C26H27FN4O2/c1-15-9-10-20(13-16(15)2)28-23(32)12-11-22-17(3)24-18(4)30-31(25(24)29-26(22)33-5)21-8-6-7-19(27)14-21/h6-10,13-14H,11-12H2,1-5H3,(H,28,32). The Morgan fingerprint density at radius 2 is 1.88 bits per heavy atom. The van der Waals surface area contributed by atoms with Gasteiger partial charge in [-0.15, -0.1) is 0 Å². The summed E-state index contributed by atoms with van der Waals surface area (Å²) >= 11 is 0. The van der Waals surface area contributed by atoms with E-state index >= 15 is 0 Å². The highest BCUT2D eigenvalue weighted by Gasteiger charge is 2.20. The maximum Gasteiger partial charge on any atom is 0.224 e. The molecule has 1 N–H and O–H groups in total. The molecule has 0 atom stereocenters. The van der Waals surface area contributed by atoms with Crippen LogP contribution in [0.5, 0.6) is 5.88 Å². The number of ether oxygens (including phenoxy) is 1. The van der Waals surface area contributed by atoms with E-state index in [2.05, 4.69) is 15.4 Å². The summed E-state index contributed by atoms with van der Waals surface area (Å²) in [5, 5.41) is 8.44. The predicted molar refractivity (Wildman–Crippen MR) is 128 cm³/mol. The Labute approximate surface area is 192 Å². The van der Waals surface area contributed by atoms with Gasteiger partial charge < -0.3 is 10.1 Å². The monoisotopic (exact) mass is 446 g/mol. The van der Waals surface area contributed by atoms with Gasteiger partial charge in [-0.3, -0.25) is 4.79 Å². The van der Waals surface area contributed by atoms with Crippen molar-refractivity contribution in [2.24, 2.45) is 0 Å². The van der Waals surface area contributed by atoms with Crippen molar-refractivity contribution in [1.29, 1.82) is 0 Å². The molecule has 2 aromatic heterocycles. The summed E-state index contributed by atoms with van der Waals surface area (Å²) in [5.41, 5.74) is 6.87. The maximum absolute atomic E-state index is 13.8. The lowest BCUT2D eigenvalue weighted by Crippen LogP contribution is -2.13. The normalized spacial score (nSPS) is 11.1. The van der Waals surface area contributed by atoms with E-state index in [1.54, 1.807) is 23.9 Å². The van der Waals surface area contributed by atoms with Crippen molar-refractivity contribution in [2.75, 3.05) is 12.4 Å². The molecular weight excluding hydrogens is 419 g/mol. The largest absolute Gasteiger partial charge is 0.481 e. The molecular formula is C26H27FN4O2. The zero-order valence-corrected chi connectivity index (χ0v) is 19.5. The number of aromatic nitrogens is 3. The highest BCUT2D eigenvalue weighted by atomic mass is 19.1. The molecule has 4 aromatic rings. The number of amides is 1. The summed E-state index contributed by atoms with van der Waals surface area (Å²) in [5.74, 6) is 0.0207. The zero-order chi connectivity index (χ0) is 23.7. The molecule has 0 aliphatic carbocycles. The van der Waals surface area contributed by atoms with Gasteiger partial charge in [0.05, 0.1) is 18.5 Å². The molecule has 0 bridgehead atoms. The first kappa shape index (κ1) is 22.5. The highest BCUT2D eigenvalue weighted by Crippen LogP contribution is 2.32. The Morgan fingerprint density at radius 3 is 2.58 bits per heavy atom. The molecule has 0 saturated carbocycles. The molecule has 1 amide bonds. The molecule has 4 rings (SSSR count). The number of aryl methyl sites for hydroxylation is 4. The summed E-state index contributed by atoms with van der Waals surface area (Å²) in [4.78, 5) is 17.3. The third kappa shape index (κ3) is 4.44. The molecule has 0 unspecified atom stereocenters. The minimum atomic E-state index is -0.344. The maximum atomic E-state index is 13.8. The number of hydrogen-bond donors (Lipinski definition) is 1. The number of carbonyl (C=O) groups is 1. The van der Waals surface area contributed by atoms with Crippen molar-refractivity contribution >= 4 is 22.6 Å². The molecule has 33 heavy (non-hydrogen) atoms. The molecule has 0 radical (unpaired) electrons. The van der Waals surface area contributed by atoms with Crippen LogP contribution in [-0.2, 0) is 11.2 Å². The number of hydrogen-bond acceptors (Lipinski definition) is 4. The van der Waals surface area contributed by atoms with Crippen molar-refractivity contribution in [3.05, 3.63) is 76.2 Å². The molecule has 0 saturated heterocycles. The smallest absolute Gasteiger partial charge is 0.224 e. The number of fused-ring (bicyclic) bond motifs is 1. The van der Waals surface area contributed by atoms with Crippen LogP contribution in [0.2, 0.25) is 0 Å². The van der Waals surface area contributed by atoms with Gasteiger partial charge in [0, 0.05) is 23.1 Å².